The Morgan fingerprint density at radius 1 is 1.17 bits per heavy atom. The molecule has 1 saturated carbocycles. The number of amides is 2. The van der Waals surface area contributed by atoms with Crippen LogP contribution in [0.15, 0.2) is 41.9 Å². The first-order valence-corrected chi connectivity index (χ1v) is 13.9. The van der Waals surface area contributed by atoms with E-state index in [9.17, 15) is 4.79 Å². The largest absolute Gasteiger partial charge is 0.337 e. The quantitative estimate of drug-likeness (QED) is 0.407. The zero-order valence-electron chi connectivity index (χ0n) is 19.5. The van der Waals surface area contributed by atoms with E-state index >= 15 is 0 Å². The highest BCUT2D eigenvalue weighted by atomic mass is 35.5. The predicted molar refractivity (Wildman–Crippen MR) is 146 cm³/mol. The minimum Gasteiger partial charge on any atom is -0.337 e. The molecule has 0 atom stereocenters. The van der Waals surface area contributed by atoms with E-state index < -0.39 is 0 Å². The summed E-state index contributed by atoms with van der Waals surface area (Å²) in [7, 11) is 0. The zero-order chi connectivity index (χ0) is 24.0. The van der Waals surface area contributed by atoms with E-state index in [1.54, 1.807) is 11.3 Å². The molecule has 8 heteroatoms. The molecule has 1 spiro atoms. The van der Waals surface area contributed by atoms with Gasteiger partial charge in [0.05, 0.1) is 31.5 Å². The van der Waals surface area contributed by atoms with Crippen LogP contribution in [0.1, 0.15) is 36.8 Å². The topological polar surface area (TPSA) is 48.5 Å². The number of thiazole rings is 1. The summed E-state index contributed by atoms with van der Waals surface area (Å²) in [6.07, 6.45) is 8.79. The van der Waals surface area contributed by atoms with E-state index in [0.29, 0.717) is 16.0 Å². The highest BCUT2D eigenvalue weighted by molar-refractivity contribution is 7.16. The fourth-order valence-corrected chi connectivity index (χ4v) is 6.48. The lowest BCUT2D eigenvalue weighted by Crippen LogP contribution is -2.48. The number of hydrogen-bond acceptors (Lipinski definition) is 4. The van der Waals surface area contributed by atoms with Gasteiger partial charge in [-0.15, -0.1) is 11.3 Å². The minimum atomic E-state index is -0.0379. The van der Waals surface area contributed by atoms with E-state index in [1.807, 2.05) is 28.6 Å². The van der Waals surface area contributed by atoms with E-state index in [4.69, 9.17) is 28.2 Å². The normalized spacial score (nSPS) is 19.7. The van der Waals surface area contributed by atoms with Crippen molar-refractivity contribution in [3.63, 3.8) is 0 Å². The Bertz CT molecular complexity index is 1290. The highest BCUT2D eigenvalue weighted by Crippen LogP contribution is 2.50. The molecule has 6 rings (SSSR count). The van der Waals surface area contributed by atoms with Gasteiger partial charge < -0.3 is 5.32 Å². The van der Waals surface area contributed by atoms with Gasteiger partial charge in [-0.25, -0.2) is 9.78 Å². The molecular formula is C27H28Cl2N4OS. The van der Waals surface area contributed by atoms with Crippen molar-refractivity contribution in [2.75, 3.05) is 37.6 Å². The molecule has 0 radical (unpaired) electrons. The maximum atomic E-state index is 13.2. The Hall–Kier alpha value is -2.12. The number of aromatic nitrogens is 1. The van der Waals surface area contributed by atoms with Gasteiger partial charge in [-0.3, -0.25) is 9.80 Å². The molecular weight excluding hydrogens is 499 g/mol. The zero-order valence-corrected chi connectivity index (χ0v) is 21.8. The molecule has 1 aliphatic carbocycles. The average Bonchev–Trinajstić information content (AvgIpc) is 3.47. The number of anilines is 1. The number of nitrogens with one attached hydrogen (secondary N) is 1. The van der Waals surface area contributed by atoms with Crippen molar-refractivity contribution in [2.24, 2.45) is 5.92 Å². The van der Waals surface area contributed by atoms with Crippen LogP contribution in [0.4, 0.5) is 10.5 Å². The molecule has 3 aromatic rings. The van der Waals surface area contributed by atoms with Crippen LogP contribution in [-0.2, 0) is 5.41 Å². The van der Waals surface area contributed by atoms with E-state index in [2.05, 4.69) is 34.5 Å². The molecule has 3 aliphatic rings. The number of carbonyl (C=O) groups is 1. The predicted octanol–water partition coefficient (Wildman–Crippen LogP) is 6.59. The van der Waals surface area contributed by atoms with Crippen LogP contribution in [-0.4, -0.2) is 48.6 Å². The first-order chi connectivity index (χ1) is 17.0. The third-order valence-corrected chi connectivity index (χ3v) is 9.21. The van der Waals surface area contributed by atoms with Gasteiger partial charge in [0, 0.05) is 30.6 Å². The van der Waals surface area contributed by atoms with Gasteiger partial charge in [0.1, 0.15) is 0 Å². The first-order valence-electron chi connectivity index (χ1n) is 12.3. The standard InChI is InChI=1S/C27H28Cl2N4OS/c28-20-6-5-18(14-21(20)29)2-1-11-32-12-9-27(10-13-32)16-33(26(34)30-15-19-3-4-19)22-7-8-23-25(24(22)27)31-17-35-23/h1-2,5-8,14,17,19H,3-4,9-13,15-16H2,(H,30,34). The first kappa shape index (κ1) is 23.3. The fraction of sp³-hybridized carbons (Fsp3) is 0.407. The Kier molecular flexibility index (Phi) is 6.25. The second-order valence-corrected chi connectivity index (χ2v) is 11.7. The molecule has 2 aromatic carbocycles. The van der Waals surface area contributed by atoms with E-state index in [-0.39, 0.29) is 11.4 Å². The van der Waals surface area contributed by atoms with Crippen molar-refractivity contribution in [3.05, 3.63) is 63.1 Å². The molecule has 1 aromatic heterocycles. The Morgan fingerprint density at radius 3 is 2.77 bits per heavy atom. The molecule has 182 valence electrons. The molecule has 2 fully saturated rings. The third kappa shape index (κ3) is 4.57. The molecule has 3 heterocycles. The Morgan fingerprint density at radius 2 is 2.00 bits per heavy atom. The SMILES string of the molecule is O=C(NCC1CC1)N1CC2(CCN(CC=Cc3ccc(Cl)c(Cl)c3)CC2)c2c1ccc1scnc21. The molecule has 2 amide bonds. The summed E-state index contributed by atoms with van der Waals surface area (Å²) in [5, 5.41) is 4.33. The number of piperidine rings is 1. The fourth-order valence-electron chi connectivity index (χ4n) is 5.49. The van der Waals surface area contributed by atoms with Gasteiger partial charge in [0.15, 0.2) is 0 Å². The monoisotopic (exact) mass is 526 g/mol. The summed E-state index contributed by atoms with van der Waals surface area (Å²) in [5.41, 5.74) is 6.35. The van der Waals surface area contributed by atoms with Gasteiger partial charge in [-0.05, 0) is 74.5 Å². The molecule has 5 nitrogen and oxygen atoms in total. The van der Waals surface area contributed by atoms with Gasteiger partial charge in [0.25, 0.3) is 0 Å². The lowest BCUT2D eigenvalue weighted by molar-refractivity contribution is 0.180. The van der Waals surface area contributed by atoms with Crippen LogP contribution in [0.25, 0.3) is 16.3 Å². The summed E-state index contributed by atoms with van der Waals surface area (Å²) in [6.45, 7) is 4.39. The smallest absolute Gasteiger partial charge is 0.321 e. The van der Waals surface area contributed by atoms with Gasteiger partial charge in [0.2, 0.25) is 0 Å². The molecule has 2 aliphatic heterocycles. The number of carbonyl (C=O) groups excluding carboxylic acids is 1. The summed E-state index contributed by atoms with van der Waals surface area (Å²) in [4.78, 5) is 22.4. The number of urea groups is 1. The van der Waals surface area contributed by atoms with Crippen LogP contribution >= 0.6 is 34.5 Å². The minimum absolute atomic E-state index is 0.0379. The number of halogens is 2. The average molecular weight is 528 g/mol. The molecule has 0 bridgehead atoms. The number of benzene rings is 2. The van der Waals surface area contributed by atoms with Crippen molar-refractivity contribution < 1.29 is 4.79 Å². The molecule has 0 unspecified atom stereocenters. The lowest BCUT2D eigenvalue weighted by Gasteiger charge is -2.39. The lowest BCUT2D eigenvalue weighted by atomic mass is 9.74. The summed E-state index contributed by atoms with van der Waals surface area (Å²) >= 11 is 13.8. The maximum absolute atomic E-state index is 13.2. The summed E-state index contributed by atoms with van der Waals surface area (Å²) in [5.74, 6) is 0.663. The summed E-state index contributed by atoms with van der Waals surface area (Å²) in [6, 6.07) is 9.99. The number of nitrogens with zero attached hydrogens (tertiary/aromatic N) is 3. The van der Waals surface area contributed by atoms with Crippen molar-refractivity contribution >= 4 is 62.5 Å². The second-order valence-electron chi connectivity index (χ2n) is 10.0. The number of hydrogen-bond donors (Lipinski definition) is 1. The van der Waals surface area contributed by atoms with Crippen LogP contribution < -0.4 is 10.2 Å². The highest BCUT2D eigenvalue weighted by Gasteiger charge is 2.48. The number of likely N-dealkylation sites (tertiary alicyclic amines) is 1. The van der Waals surface area contributed by atoms with Gasteiger partial charge in [-0.1, -0.05) is 41.4 Å². The van der Waals surface area contributed by atoms with Crippen LogP contribution in [0, 0.1) is 5.92 Å². The molecule has 35 heavy (non-hydrogen) atoms. The van der Waals surface area contributed by atoms with E-state index in [1.165, 1.54) is 23.1 Å². The second kappa shape index (κ2) is 9.40. The van der Waals surface area contributed by atoms with Gasteiger partial charge >= 0.3 is 6.03 Å². The molecule has 1 N–H and O–H groups in total. The van der Waals surface area contributed by atoms with E-state index in [0.717, 1.165) is 62.3 Å². The summed E-state index contributed by atoms with van der Waals surface area (Å²) < 4.78 is 1.20. The third-order valence-electron chi connectivity index (χ3n) is 7.68. The van der Waals surface area contributed by atoms with Crippen molar-refractivity contribution in [2.45, 2.75) is 31.1 Å². The Balaban J connectivity index is 1.18. The van der Waals surface area contributed by atoms with Crippen LogP contribution in [0.2, 0.25) is 10.0 Å². The van der Waals surface area contributed by atoms with Crippen molar-refractivity contribution in [3.8, 4) is 0 Å². The van der Waals surface area contributed by atoms with Crippen molar-refractivity contribution in [1.29, 1.82) is 0 Å². The maximum Gasteiger partial charge on any atom is 0.321 e. The molecule has 1 saturated heterocycles. The number of rotatable bonds is 5. The Labute approximate surface area is 219 Å². The van der Waals surface area contributed by atoms with Crippen molar-refractivity contribution in [1.82, 2.24) is 15.2 Å². The van der Waals surface area contributed by atoms with Crippen LogP contribution in [0.5, 0.6) is 0 Å². The van der Waals surface area contributed by atoms with Gasteiger partial charge in [-0.2, -0.15) is 0 Å². The number of fused-ring (bicyclic) bond motifs is 4. The van der Waals surface area contributed by atoms with Crippen LogP contribution in [0.3, 0.4) is 0 Å².